The van der Waals surface area contributed by atoms with Gasteiger partial charge in [0.15, 0.2) is 5.78 Å². The van der Waals surface area contributed by atoms with E-state index >= 15 is 0 Å². The molecule has 2 aliphatic rings. The molecule has 0 saturated heterocycles. The molecule has 2 aromatic rings. The fourth-order valence-electron chi connectivity index (χ4n) is 3.93. The number of hydrogen-bond acceptors (Lipinski definition) is 5. The first-order valence-electron chi connectivity index (χ1n) is 9.56. The molecule has 0 aromatic heterocycles. The van der Waals surface area contributed by atoms with Gasteiger partial charge < -0.3 is 14.2 Å². The normalized spacial score (nSPS) is 23.4. The summed E-state index contributed by atoms with van der Waals surface area (Å²) < 4.78 is 16.9. The minimum Gasteiger partial charge on any atom is -0.496 e. The average Bonchev–Trinajstić information content (AvgIpc) is 2.74. The van der Waals surface area contributed by atoms with Gasteiger partial charge in [0.2, 0.25) is 0 Å². The maximum Gasteiger partial charge on any atom is 0.338 e. The van der Waals surface area contributed by atoms with Crippen molar-refractivity contribution in [2.24, 2.45) is 5.92 Å². The summed E-state index contributed by atoms with van der Waals surface area (Å²) in [5.74, 6) is 0.0517. The molecule has 3 atom stereocenters. The molecule has 3 unspecified atom stereocenters. The van der Waals surface area contributed by atoms with Crippen LogP contribution in [0.3, 0.4) is 0 Å². The maximum atomic E-state index is 13.1. The summed E-state index contributed by atoms with van der Waals surface area (Å²) >= 11 is 5.86. The van der Waals surface area contributed by atoms with Crippen LogP contribution in [0, 0.1) is 5.92 Å². The first-order valence-corrected chi connectivity index (χ1v) is 9.94. The fourth-order valence-corrected chi connectivity index (χ4v) is 4.06. The number of benzene rings is 2. The van der Waals surface area contributed by atoms with E-state index in [0.717, 1.165) is 5.56 Å². The molecular formula is C23H21ClO5. The van der Waals surface area contributed by atoms with E-state index in [1.807, 2.05) is 24.3 Å². The summed E-state index contributed by atoms with van der Waals surface area (Å²) in [4.78, 5) is 25.4. The summed E-state index contributed by atoms with van der Waals surface area (Å²) in [5, 5.41) is 0.564. The number of para-hydroxylation sites is 1. The highest BCUT2D eigenvalue weighted by atomic mass is 35.5. The number of ketones is 1. The molecule has 29 heavy (non-hydrogen) atoms. The van der Waals surface area contributed by atoms with Crippen LogP contribution in [0.1, 0.15) is 35.2 Å². The Morgan fingerprint density at radius 2 is 1.86 bits per heavy atom. The molecule has 1 saturated carbocycles. The van der Waals surface area contributed by atoms with Crippen molar-refractivity contribution >= 4 is 28.9 Å². The highest BCUT2D eigenvalue weighted by molar-refractivity contribution is 6.30. The molecule has 1 aliphatic heterocycles. The standard InChI is InChI=1S/C23H21ClO5/c1-27-20-5-3-2-4-17(20)19-13-28-21-12-16(10-11-18(21)22(19)25)29-23(26)14-6-8-15(24)9-7-14/h2-9,13,16,18,21H,10-12H2,1H3. The van der Waals surface area contributed by atoms with Gasteiger partial charge in [-0.15, -0.1) is 0 Å². The molecule has 150 valence electrons. The fraction of sp³-hybridized carbons (Fsp3) is 0.304. The first kappa shape index (κ1) is 19.5. The monoisotopic (exact) mass is 412 g/mol. The lowest BCUT2D eigenvalue weighted by atomic mass is 9.77. The molecule has 1 aliphatic carbocycles. The number of allylic oxidation sites excluding steroid dienone is 1. The lowest BCUT2D eigenvalue weighted by molar-refractivity contribution is -0.126. The van der Waals surface area contributed by atoms with E-state index < -0.39 is 5.97 Å². The lowest BCUT2D eigenvalue weighted by Gasteiger charge is -2.37. The topological polar surface area (TPSA) is 61.8 Å². The third-order valence-corrected chi connectivity index (χ3v) is 5.71. The number of esters is 1. The molecule has 2 aromatic carbocycles. The molecule has 0 amide bonds. The molecule has 0 bridgehead atoms. The zero-order valence-electron chi connectivity index (χ0n) is 16.0. The Morgan fingerprint density at radius 1 is 1.10 bits per heavy atom. The minimum absolute atomic E-state index is 0.0493. The van der Waals surface area contributed by atoms with E-state index in [9.17, 15) is 9.59 Å². The number of halogens is 1. The average molecular weight is 413 g/mol. The van der Waals surface area contributed by atoms with Gasteiger partial charge in [-0.05, 0) is 43.2 Å². The number of ether oxygens (including phenoxy) is 3. The zero-order valence-corrected chi connectivity index (χ0v) is 16.7. The Bertz CT molecular complexity index is 950. The molecule has 0 spiro atoms. The Kier molecular flexibility index (Phi) is 5.58. The van der Waals surface area contributed by atoms with Crippen molar-refractivity contribution < 1.29 is 23.8 Å². The molecule has 0 radical (unpaired) electrons. The number of methoxy groups -OCH3 is 1. The van der Waals surface area contributed by atoms with Crippen LogP contribution in [0.4, 0.5) is 0 Å². The number of hydrogen-bond donors (Lipinski definition) is 0. The summed E-state index contributed by atoms with van der Waals surface area (Å²) in [6.07, 6.45) is 2.66. The van der Waals surface area contributed by atoms with Crippen LogP contribution in [0.2, 0.25) is 5.02 Å². The number of fused-ring (bicyclic) bond motifs is 1. The van der Waals surface area contributed by atoms with E-state index in [0.29, 0.717) is 41.2 Å². The van der Waals surface area contributed by atoms with Crippen LogP contribution in [0.25, 0.3) is 5.57 Å². The Labute approximate surface area is 174 Å². The lowest BCUT2D eigenvalue weighted by Crippen LogP contribution is -2.42. The van der Waals surface area contributed by atoms with Gasteiger partial charge in [-0.25, -0.2) is 4.79 Å². The van der Waals surface area contributed by atoms with Crippen molar-refractivity contribution in [2.75, 3.05) is 7.11 Å². The smallest absolute Gasteiger partial charge is 0.338 e. The molecule has 0 N–H and O–H groups in total. The number of carbonyl (C=O) groups is 2. The largest absolute Gasteiger partial charge is 0.496 e. The van der Waals surface area contributed by atoms with Gasteiger partial charge >= 0.3 is 5.97 Å². The van der Waals surface area contributed by atoms with E-state index in [1.165, 1.54) is 6.26 Å². The zero-order chi connectivity index (χ0) is 20.4. The predicted octanol–water partition coefficient (Wildman–Crippen LogP) is 4.68. The van der Waals surface area contributed by atoms with E-state index in [1.54, 1.807) is 31.4 Å². The summed E-state index contributed by atoms with van der Waals surface area (Å²) in [5.41, 5.74) is 1.71. The van der Waals surface area contributed by atoms with Crippen LogP contribution in [0.5, 0.6) is 5.75 Å². The van der Waals surface area contributed by atoms with Crippen molar-refractivity contribution in [1.29, 1.82) is 0 Å². The highest BCUT2D eigenvalue weighted by Gasteiger charge is 2.41. The Morgan fingerprint density at radius 3 is 2.62 bits per heavy atom. The van der Waals surface area contributed by atoms with Gasteiger partial charge in [0.1, 0.15) is 18.0 Å². The molecular weight excluding hydrogens is 392 g/mol. The van der Waals surface area contributed by atoms with E-state index in [-0.39, 0.29) is 23.9 Å². The summed E-state index contributed by atoms with van der Waals surface area (Å²) in [6, 6.07) is 14.0. The SMILES string of the molecule is COc1ccccc1C1=COC2CC(OC(=O)c3ccc(Cl)cc3)CCC2C1=O. The third kappa shape index (κ3) is 4.01. The van der Waals surface area contributed by atoms with Gasteiger partial charge in [-0.3, -0.25) is 4.79 Å². The first-order chi connectivity index (χ1) is 14.1. The second-order valence-corrected chi connectivity index (χ2v) is 7.66. The molecule has 4 rings (SSSR count). The Balaban J connectivity index is 1.45. The van der Waals surface area contributed by atoms with Crippen LogP contribution >= 0.6 is 11.6 Å². The van der Waals surface area contributed by atoms with Gasteiger partial charge in [-0.1, -0.05) is 29.8 Å². The predicted molar refractivity (Wildman–Crippen MR) is 109 cm³/mol. The summed E-state index contributed by atoms with van der Waals surface area (Å²) in [6.45, 7) is 0. The van der Waals surface area contributed by atoms with E-state index in [4.69, 9.17) is 25.8 Å². The molecule has 5 nitrogen and oxygen atoms in total. The quantitative estimate of drug-likeness (QED) is 0.682. The number of carbonyl (C=O) groups excluding carboxylic acids is 2. The van der Waals surface area contributed by atoms with Gasteiger partial charge in [0.05, 0.1) is 30.4 Å². The van der Waals surface area contributed by atoms with Crippen molar-refractivity contribution in [3.05, 3.63) is 70.9 Å². The van der Waals surface area contributed by atoms with Gasteiger partial charge in [0.25, 0.3) is 0 Å². The Hall–Kier alpha value is -2.79. The van der Waals surface area contributed by atoms with Crippen molar-refractivity contribution in [2.45, 2.75) is 31.5 Å². The summed E-state index contributed by atoms with van der Waals surface area (Å²) in [7, 11) is 1.58. The highest BCUT2D eigenvalue weighted by Crippen LogP contribution is 2.39. The molecule has 6 heteroatoms. The maximum absolute atomic E-state index is 13.1. The minimum atomic E-state index is -0.391. The number of rotatable bonds is 4. The van der Waals surface area contributed by atoms with E-state index in [2.05, 4.69) is 0 Å². The third-order valence-electron chi connectivity index (χ3n) is 5.46. The van der Waals surface area contributed by atoms with Gasteiger partial charge in [0, 0.05) is 17.0 Å². The van der Waals surface area contributed by atoms with Crippen LogP contribution in [-0.2, 0) is 14.3 Å². The van der Waals surface area contributed by atoms with Gasteiger partial charge in [-0.2, -0.15) is 0 Å². The van der Waals surface area contributed by atoms with Crippen LogP contribution in [0.15, 0.2) is 54.8 Å². The number of Topliss-reactive ketones (excluding diaryl/α,β-unsaturated/α-hetero) is 1. The van der Waals surface area contributed by atoms with Crippen LogP contribution < -0.4 is 4.74 Å². The van der Waals surface area contributed by atoms with Crippen molar-refractivity contribution in [1.82, 2.24) is 0 Å². The second-order valence-electron chi connectivity index (χ2n) is 7.22. The second kappa shape index (κ2) is 8.29. The molecule has 1 fully saturated rings. The van der Waals surface area contributed by atoms with Crippen molar-refractivity contribution in [3.63, 3.8) is 0 Å². The molecule has 1 heterocycles. The van der Waals surface area contributed by atoms with Crippen molar-refractivity contribution in [3.8, 4) is 5.75 Å². The van der Waals surface area contributed by atoms with Crippen LogP contribution in [-0.4, -0.2) is 31.1 Å².